The van der Waals surface area contributed by atoms with Gasteiger partial charge in [0.2, 0.25) is 15.9 Å². The zero-order chi connectivity index (χ0) is 22.7. The fourth-order valence-corrected chi connectivity index (χ4v) is 5.35. The predicted octanol–water partition coefficient (Wildman–Crippen LogP) is 3.84. The van der Waals surface area contributed by atoms with Crippen LogP contribution in [-0.2, 0) is 21.2 Å². The van der Waals surface area contributed by atoms with Crippen molar-refractivity contribution in [2.24, 2.45) is 0 Å². The number of carbonyl (C=O) groups excluding carboxylic acids is 1. The summed E-state index contributed by atoms with van der Waals surface area (Å²) in [6.07, 6.45) is 0.196. The van der Waals surface area contributed by atoms with E-state index in [1.54, 1.807) is 18.2 Å². The van der Waals surface area contributed by atoms with Crippen molar-refractivity contribution in [3.63, 3.8) is 0 Å². The molecule has 0 radical (unpaired) electrons. The number of hydrogen-bond acceptors (Lipinski definition) is 6. The Kier molecular flexibility index (Phi) is 6.31. The van der Waals surface area contributed by atoms with Crippen LogP contribution in [0.4, 0.5) is 5.69 Å². The van der Waals surface area contributed by atoms with Gasteiger partial charge in [0.15, 0.2) is 0 Å². The van der Waals surface area contributed by atoms with Crippen molar-refractivity contribution in [3.05, 3.63) is 83.4 Å². The third-order valence-corrected chi connectivity index (χ3v) is 7.34. The zero-order valence-corrected chi connectivity index (χ0v) is 19.2. The molecule has 1 atom stereocenters. The van der Waals surface area contributed by atoms with Crippen LogP contribution in [0.5, 0.6) is 0 Å². The highest BCUT2D eigenvalue weighted by Gasteiger charge is 2.28. The quantitative estimate of drug-likeness (QED) is 0.431. The van der Waals surface area contributed by atoms with Gasteiger partial charge in [-0.15, -0.1) is 0 Å². The van der Waals surface area contributed by atoms with Gasteiger partial charge in [0.25, 0.3) is 0 Å². The van der Waals surface area contributed by atoms with E-state index in [0.29, 0.717) is 16.7 Å². The Morgan fingerprint density at radius 2 is 1.72 bits per heavy atom. The molecule has 0 saturated heterocycles. The maximum Gasteiger partial charge on any atom is 0.243 e. The molecule has 164 valence electrons. The molecule has 0 aliphatic heterocycles. The summed E-state index contributed by atoms with van der Waals surface area (Å²) >= 11 is 0.944. The van der Waals surface area contributed by atoms with Gasteiger partial charge in [0.05, 0.1) is 11.7 Å². The van der Waals surface area contributed by atoms with E-state index < -0.39 is 22.0 Å². The first-order valence-corrected chi connectivity index (χ1v) is 12.2. The molecule has 2 N–H and O–H groups in total. The molecule has 7 nitrogen and oxygen atoms in total. The van der Waals surface area contributed by atoms with Gasteiger partial charge in [-0.3, -0.25) is 4.79 Å². The van der Waals surface area contributed by atoms with Gasteiger partial charge in [-0.05, 0) is 55.2 Å². The molecule has 3 aromatic carbocycles. The molecule has 0 aliphatic rings. The number of anilines is 1. The second-order valence-corrected chi connectivity index (χ2v) is 9.70. The summed E-state index contributed by atoms with van der Waals surface area (Å²) in [6.45, 7) is 3.87. The number of rotatable bonds is 7. The molecule has 4 rings (SSSR count). The lowest BCUT2D eigenvalue weighted by Crippen LogP contribution is -2.45. The number of sulfonamides is 1. The van der Waals surface area contributed by atoms with Crippen LogP contribution in [0.2, 0.25) is 0 Å². The lowest BCUT2D eigenvalue weighted by atomic mass is 10.0. The first kappa shape index (κ1) is 22.1. The number of nitrogens with one attached hydrogen (secondary N) is 2. The summed E-state index contributed by atoms with van der Waals surface area (Å²) in [6, 6.07) is 18.7. The summed E-state index contributed by atoms with van der Waals surface area (Å²) in [4.78, 5) is 13.2. The second kappa shape index (κ2) is 9.15. The Labute approximate surface area is 190 Å². The minimum Gasteiger partial charge on any atom is -0.324 e. The van der Waals surface area contributed by atoms with Gasteiger partial charge < -0.3 is 5.32 Å². The van der Waals surface area contributed by atoms with Crippen molar-refractivity contribution < 1.29 is 13.2 Å². The molecule has 9 heteroatoms. The highest BCUT2D eigenvalue weighted by molar-refractivity contribution is 7.89. The highest BCUT2D eigenvalue weighted by atomic mass is 32.2. The maximum absolute atomic E-state index is 13.3. The lowest BCUT2D eigenvalue weighted by molar-refractivity contribution is -0.117. The van der Waals surface area contributed by atoms with E-state index in [0.717, 1.165) is 28.4 Å². The largest absolute Gasteiger partial charge is 0.324 e. The maximum atomic E-state index is 13.3. The monoisotopic (exact) mass is 466 g/mol. The normalized spacial score (nSPS) is 12.6. The molecule has 0 saturated carbocycles. The van der Waals surface area contributed by atoms with Crippen molar-refractivity contribution in [2.75, 3.05) is 5.32 Å². The first-order valence-electron chi connectivity index (χ1n) is 10.00. The van der Waals surface area contributed by atoms with Gasteiger partial charge in [-0.1, -0.05) is 48.5 Å². The number of carbonyl (C=O) groups is 1. The molecule has 0 spiro atoms. The topological polar surface area (TPSA) is 101 Å². The molecular weight excluding hydrogens is 444 g/mol. The zero-order valence-electron chi connectivity index (χ0n) is 17.6. The van der Waals surface area contributed by atoms with Crippen LogP contribution in [0.3, 0.4) is 0 Å². The number of aromatic nitrogens is 2. The van der Waals surface area contributed by atoms with E-state index in [4.69, 9.17) is 0 Å². The number of benzene rings is 3. The Balaban J connectivity index is 1.66. The number of aryl methyl sites for hydroxylation is 1. The van der Waals surface area contributed by atoms with Crippen LogP contribution in [0, 0.1) is 13.8 Å². The average molecular weight is 467 g/mol. The van der Waals surface area contributed by atoms with Gasteiger partial charge in [0, 0.05) is 5.69 Å². The second-order valence-electron chi connectivity index (χ2n) is 7.49. The van der Waals surface area contributed by atoms with E-state index in [1.807, 2.05) is 56.3 Å². The SMILES string of the molecule is Cc1cccc(NC(=O)[C@@H](Cc2ccccc2)NS(=O)(=O)c2cccc3nsnc23)c1C. The Hall–Kier alpha value is -3.14. The molecule has 0 bridgehead atoms. The Morgan fingerprint density at radius 1 is 0.969 bits per heavy atom. The average Bonchev–Trinajstić information content (AvgIpc) is 3.26. The smallest absolute Gasteiger partial charge is 0.243 e. The molecule has 0 unspecified atom stereocenters. The van der Waals surface area contributed by atoms with Crippen molar-refractivity contribution >= 4 is 44.4 Å². The van der Waals surface area contributed by atoms with Crippen LogP contribution in [0.15, 0.2) is 71.6 Å². The van der Waals surface area contributed by atoms with E-state index in [1.165, 1.54) is 6.07 Å². The molecule has 1 aromatic heterocycles. The highest BCUT2D eigenvalue weighted by Crippen LogP contribution is 2.22. The standard InChI is InChI=1S/C23H22N4O3S2/c1-15-8-6-11-18(16(15)2)24-23(28)20(14-17-9-4-3-5-10-17)27-32(29,30)21-13-7-12-19-22(21)26-31-25-19/h3-13,20,27H,14H2,1-2H3,(H,24,28)/t20-/m1/s1. The molecular formula is C23H22N4O3S2. The summed E-state index contributed by atoms with van der Waals surface area (Å²) in [5.74, 6) is -0.435. The minimum absolute atomic E-state index is 0.00125. The van der Waals surface area contributed by atoms with Crippen molar-refractivity contribution in [3.8, 4) is 0 Å². The van der Waals surface area contributed by atoms with E-state index in [2.05, 4.69) is 18.8 Å². The van der Waals surface area contributed by atoms with Crippen molar-refractivity contribution in [2.45, 2.75) is 31.2 Å². The van der Waals surface area contributed by atoms with Crippen molar-refractivity contribution in [1.29, 1.82) is 0 Å². The first-order chi connectivity index (χ1) is 15.3. The van der Waals surface area contributed by atoms with Crippen molar-refractivity contribution in [1.82, 2.24) is 13.5 Å². The van der Waals surface area contributed by atoms with E-state index in [-0.39, 0.29) is 11.3 Å². The molecule has 4 aromatic rings. The van der Waals surface area contributed by atoms with Crippen LogP contribution in [-0.4, -0.2) is 29.1 Å². The summed E-state index contributed by atoms with van der Waals surface area (Å²) in [7, 11) is -4.04. The molecule has 0 fully saturated rings. The molecule has 0 aliphatic carbocycles. The third kappa shape index (κ3) is 4.69. The summed E-state index contributed by atoms with van der Waals surface area (Å²) in [5.41, 5.74) is 4.24. The molecule has 1 amide bonds. The minimum atomic E-state index is -4.04. The predicted molar refractivity (Wildman–Crippen MR) is 126 cm³/mol. The Morgan fingerprint density at radius 3 is 2.50 bits per heavy atom. The number of nitrogens with zero attached hydrogens (tertiary/aromatic N) is 2. The van der Waals surface area contributed by atoms with Gasteiger partial charge >= 0.3 is 0 Å². The number of fused-ring (bicyclic) bond motifs is 1. The van der Waals surface area contributed by atoms with Crippen LogP contribution in [0.1, 0.15) is 16.7 Å². The fraction of sp³-hybridized carbons (Fsp3) is 0.174. The van der Waals surface area contributed by atoms with E-state index in [9.17, 15) is 13.2 Å². The third-order valence-electron chi connectivity index (χ3n) is 5.30. The van der Waals surface area contributed by atoms with Gasteiger partial charge in [-0.25, -0.2) is 8.42 Å². The van der Waals surface area contributed by atoms with Crippen LogP contribution in [0.25, 0.3) is 11.0 Å². The fourth-order valence-electron chi connectivity index (χ4n) is 3.39. The van der Waals surface area contributed by atoms with Crippen LogP contribution < -0.4 is 10.0 Å². The number of hydrogen-bond donors (Lipinski definition) is 2. The summed E-state index contributed by atoms with van der Waals surface area (Å²) in [5, 5.41) is 2.89. The number of amides is 1. The van der Waals surface area contributed by atoms with Gasteiger partial charge in [0.1, 0.15) is 22.0 Å². The van der Waals surface area contributed by atoms with Gasteiger partial charge in [-0.2, -0.15) is 13.5 Å². The molecule has 32 heavy (non-hydrogen) atoms. The Bertz CT molecular complexity index is 1370. The lowest BCUT2D eigenvalue weighted by Gasteiger charge is -2.20. The summed E-state index contributed by atoms with van der Waals surface area (Å²) < 4.78 is 37.4. The molecule has 1 heterocycles. The van der Waals surface area contributed by atoms with Crippen LogP contribution >= 0.6 is 11.7 Å². The van der Waals surface area contributed by atoms with E-state index >= 15 is 0 Å².